The average Bonchev–Trinajstić information content (AvgIpc) is 2.66. The molecule has 1 aliphatic carbocycles. The Morgan fingerprint density at radius 1 is 1.25 bits per heavy atom. The number of benzene rings is 1. The van der Waals surface area contributed by atoms with Crippen molar-refractivity contribution in [3.63, 3.8) is 0 Å². The highest BCUT2D eigenvalue weighted by Gasteiger charge is 2.40. The third-order valence-corrected chi connectivity index (χ3v) is 5.21. The maximum absolute atomic E-state index is 6.51. The van der Waals surface area contributed by atoms with Gasteiger partial charge < -0.3 is 10.1 Å². The lowest BCUT2D eigenvalue weighted by molar-refractivity contribution is 0.0163. The van der Waals surface area contributed by atoms with Crippen molar-refractivity contribution in [2.45, 2.75) is 63.5 Å². The van der Waals surface area contributed by atoms with Crippen LogP contribution in [-0.4, -0.2) is 12.1 Å². The molecule has 1 fully saturated rings. The maximum atomic E-state index is 6.51. The van der Waals surface area contributed by atoms with Gasteiger partial charge in [0.25, 0.3) is 0 Å². The molecule has 0 bridgehead atoms. The number of nitrogens with one attached hydrogen (secondary N) is 1. The highest BCUT2D eigenvalue weighted by Crippen LogP contribution is 2.46. The number of fused-ring (bicyclic) bond motifs is 1. The molecule has 1 spiro atoms. The van der Waals surface area contributed by atoms with Gasteiger partial charge in [0.1, 0.15) is 11.4 Å². The predicted octanol–water partition coefficient (Wildman–Crippen LogP) is 4.98. The van der Waals surface area contributed by atoms with E-state index in [1.54, 1.807) is 0 Å². The normalized spacial score (nSPS) is 24.8. The number of hydrogen-bond donors (Lipinski definition) is 1. The largest absolute Gasteiger partial charge is 0.487 e. The van der Waals surface area contributed by atoms with Gasteiger partial charge in [0.05, 0.1) is 0 Å². The van der Waals surface area contributed by atoms with E-state index in [0.29, 0.717) is 6.04 Å². The van der Waals surface area contributed by atoms with Crippen molar-refractivity contribution >= 4 is 15.9 Å². The van der Waals surface area contributed by atoms with Gasteiger partial charge in [-0.25, -0.2) is 0 Å². The summed E-state index contributed by atoms with van der Waals surface area (Å²) in [6.07, 6.45) is 8.89. The van der Waals surface area contributed by atoms with Crippen LogP contribution in [-0.2, 0) is 0 Å². The van der Waals surface area contributed by atoms with Crippen LogP contribution in [0.4, 0.5) is 0 Å². The minimum Gasteiger partial charge on any atom is -0.487 e. The Kier molecular flexibility index (Phi) is 4.37. The molecule has 0 aromatic heterocycles. The Morgan fingerprint density at radius 2 is 2.00 bits per heavy atom. The highest BCUT2D eigenvalue weighted by molar-refractivity contribution is 9.10. The van der Waals surface area contributed by atoms with Crippen molar-refractivity contribution in [3.8, 4) is 5.75 Å². The fourth-order valence-electron chi connectivity index (χ4n) is 3.75. The van der Waals surface area contributed by atoms with Gasteiger partial charge in [-0.1, -0.05) is 35.7 Å². The van der Waals surface area contributed by atoms with E-state index < -0.39 is 0 Å². The molecule has 0 saturated heterocycles. The van der Waals surface area contributed by atoms with Gasteiger partial charge in [0.2, 0.25) is 0 Å². The second kappa shape index (κ2) is 6.07. The van der Waals surface area contributed by atoms with E-state index in [-0.39, 0.29) is 5.60 Å². The van der Waals surface area contributed by atoms with Crippen LogP contribution >= 0.6 is 15.9 Å². The van der Waals surface area contributed by atoms with E-state index in [2.05, 4.69) is 46.4 Å². The number of ether oxygens (including phenoxy) is 1. The van der Waals surface area contributed by atoms with Gasteiger partial charge >= 0.3 is 0 Å². The van der Waals surface area contributed by atoms with Crippen LogP contribution in [0.1, 0.15) is 63.5 Å². The van der Waals surface area contributed by atoms with Crippen molar-refractivity contribution in [2.24, 2.45) is 0 Å². The molecule has 3 heteroatoms. The van der Waals surface area contributed by atoms with Crippen molar-refractivity contribution in [3.05, 3.63) is 28.2 Å². The lowest BCUT2D eigenvalue weighted by Gasteiger charge is -2.42. The first-order valence-corrected chi connectivity index (χ1v) is 8.74. The summed E-state index contributed by atoms with van der Waals surface area (Å²) in [4.78, 5) is 0. The Hall–Kier alpha value is -0.540. The van der Waals surface area contributed by atoms with Crippen LogP contribution in [0.5, 0.6) is 5.75 Å². The van der Waals surface area contributed by atoms with Crippen molar-refractivity contribution in [2.75, 3.05) is 6.54 Å². The summed E-state index contributed by atoms with van der Waals surface area (Å²) in [7, 11) is 0. The molecule has 0 radical (unpaired) electrons. The van der Waals surface area contributed by atoms with Crippen LogP contribution in [0.15, 0.2) is 22.7 Å². The smallest absolute Gasteiger partial charge is 0.125 e. The van der Waals surface area contributed by atoms with E-state index in [1.807, 2.05) is 0 Å². The first-order valence-electron chi connectivity index (χ1n) is 7.94. The standard InChI is InChI=1S/C17H24BrNO/c1-2-19-15-12-17(9-5-3-4-6-10-17)20-16-8-7-13(18)11-14(15)16/h7-8,11,15,19H,2-6,9-10,12H2,1H3. The lowest BCUT2D eigenvalue weighted by Crippen LogP contribution is -2.43. The summed E-state index contributed by atoms with van der Waals surface area (Å²) in [5.74, 6) is 1.09. The molecule has 2 nitrogen and oxygen atoms in total. The minimum absolute atomic E-state index is 0.0736. The van der Waals surface area contributed by atoms with E-state index >= 15 is 0 Å². The SMILES string of the molecule is CCNC1CC2(CCCCCC2)Oc2ccc(Br)cc21. The van der Waals surface area contributed by atoms with Crippen molar-refractivity contribution in [1.29, 1.82) is 0 Å². The molecule has 1 atom stereocenters. The fourth-order valence-corrected chi connectivity index (χ4v) is 4.13. The van der Waals surface area contributed by atoms with Gasteiger partial charge in [-0.05, 0) is 50.4 Å². The van der Waals surface area contributed by atoms with Crippen LogP contribution in [0.3, 0.4) is 0 Å². The fraction of sp³-hybridized carbons (Fsp3) is 0.647. The first-order chi connectivity index (χ1) is 9.72. The topological polar surface area (TPSA) is 21.3 Å². The van der Waals surface area contributed by atoms with Crippen LogP contribution in [0.25, 0.3) is 0 Å². The lowest BCUT2D eigenvalue weighted by atomic mass is 9.82. The third-order valence-electron chi connectivity index (χ3n) is 4.72. The molecule has 1 unspecified atom stereocenters. The summed E-state index contributed by atoms with van der Waals surface area (Å²) in [5.41, 5.74) is 1.39. The molecular formula is C17H24BrNO. The first kappa shape index (κ1) is 14.4. The zero-order chi connectivity index (χ0) is 14.0. The van der Waals surface area contributed by atoms with Gasteiger partial charge in [-0.3, -0.25) is 0 Å². The highest BCUT2D eigenvalue weighted by atomic mass is 79.9. The molecule has 1 N–H and O–H groups in total. The molecule has 1 aliphatic heterocycles. The molecule has 1 aromatic rings. The zero-order valence-corrected chi connectivity index (χ0v) is 13.8. The zero-order valence-electron chi connectivity index (χ0n) is 12.3. The monoisotopic (exact) mass is 337 g/mol. The maximum Gasteiger partial charge on any atom is 0.125 e. The van der Waals surface area contributed by atoms with Gasteiger partial charge in [-0.2, -0.15) is 0 Å². The predicted molar refractivity (Wildman–Crippen MR) is 86.2 cm³/mol. The second-order valence-electron chi connectivity index (χ2n) is 6.20. The van der Waals surface area contributed by atoms with Gasteiger partial charge in [0, 0.05) is 22.5 Å². The van der Waals surface area contributed by atoms with Gasteiger partial charge in [-0.15, -0.1) is 0 Å². The Balaban J connectivity index is 1.93. The minimum atomic E-state index is 0.0736. The summed E-state index contributed by atoms with van der Waals surface area (Å²) in [6, 6.07) is 6.87. The molecule has 20 heavy (non-hydrogen) atoms. The molecule has 0 amide bonds. The van der Waals surface area contributed by atoms with E-state index in [1.165, 1.54) is 44.1 Å². The quantitative estimate of drug-likeness (QED) is 0.822. The molecule has 1 heterocycles. The summed E-state index contributed by atoms with van der Waals surface area (Å²) in [6.45, 7) is 3.19. The summed E-state index contributed by atoms with van der Waals surface area (Å²) in [5, 5.41) is 3.66. The average molecular weight is 338 g/mol. The van der Waals surface area contributed by atoms with Crippen molar-refractivity contribution < 1.29 is 4.74 Å². The van der Waals surface area contributed by atoms with E-state index in [0.717, 1.165) is 23.2 Å². The second-order valence-corrected chi connectivity index (χ2v) is 7.11. The molecule has 3 rings (SSSR count). The van der Waals surface area contributed by atoms with Gasteiger partial charge in [0.15, 0.2) is 0 Å². The molecule has 1 saturated carbocycles. The van der Waals surface area contributed by atoms with E-state index in [4.69, 9.17) is 4.74 Å². The Morgan fingerprint density at radius 3 is 2.70 bits per heavy atom. The van der Waals surface area contributed by atoms with Crippen LogP contribution in [0, 0.1) is 0 Å². The number of halogens is 1. The van der Waals surface area contributed by atoms with E-state index in [9.17, 15) is 0 Å². The third kappa shape index (κ3) is 2.89. The molecule has 110 valence electrons. The summed E-state index contributed by atoms with van der Waals surface area (Å²) < 4.78 is 7.65. The van der Waals surface area contributed by atoms with Crippen molar-refractivity contribution in [1.82, 2.24) is 5.32 Å². The molecular weight excluding hydrogens is 314 g/mol. The summed E-state index contributed by atoms with van der Waals surface area (Å²) >= 11 is 3.59. The van der Waals surface area contributed by atoms with Crippen LogP contribution < -0.4 is 10.1 Å². The Labute approximate surface area is 130 Å². The number of hydrogen-bond acceptors (Lipinski definition) is 2. The molecule has 1 aromatic carbocycles. The van der Waals surface area contributed by atoms with Crippen LogP contribution in [0.2, 0.25) is 0 Å². The molecule has 2 aliphatic rings. The Bertz CT molecular complexity index is 466. The number of rotatable bonds is 2.